The van der Waals surface area contributed by atoms with Crippen molar-refractivity contribution in [2.45, 2.75) is 46.8 Å². The largest absolute Gasteiger partial charge is 0.496 e. The number of ether oxygens (including phenoxy) is 2. The van der Waals surface area contributed by atoms with Gasteiger partial charge in [-0.3, -0.25) is 0 Å². The van der Waals surface area contributed by atoms with Crippen LogP contribution in [0.1, 0.15) is 43.0 Å². The van der Waals surface area contributed by atoms with Gasteiger partial charge in [0.15, 0.2) is 0 Å². The molecule has 0 fully saturated rings. The zero-order chi connectivity index (χ0) is 23.0. The molecule has 0 saturated heterocycles. The fourth-order valence-corrected chi connectivity index (χ4v) is 4.66. The van der Waals surface area contributed by atoms with E-state index in [-0.39, 0.29) is 5.54 Å². The van der Waals surface area contributed by atoms with Crippen molar-refractivity contribution in [1.82, 2.24) is 0 Å². The Morgan fingerprint density at radius 1 is 0.906 bits per heavy atom. The second kappa shape index (κ2) is 8.55. The Kier molecular flexibility index (Phi) is 5.96. The molecule has 0 saturated carbocycles. The van der Waals surface area contributed by atoms with Gasteiger partial charge in [0.1, 0.15) is 18.1 Å². The van der Waals surface area contributed by atoms with Crippen LogP contribution in [0.15, 0.2) is 54.6 Å². The second-order valence-corrected chi connectivity index (χ2v) is 9.53. The number of hydrogen-bond donors (Lipinski definition) is 1. The molecule has 4 heteroatoms. The Morgan fingerprint density at radius 3 is 2.41 bits per heavy atom. The standard InChI is InChI=1S/C28H30ClNO2/c1-17-7-8-18(2)25(13-17)32-16-23-21(22-10-9-20(29)14-26(22)31-6)11-12-24-27(23)19(3)15-28(4,5)30-24/h7-15,30H,16H2,1-6H3. The van der Waals surface area contributed by atoms with Crippen LogP contribution in [0.2, 0.25) is 5.02 Å². The Balaban J connectivity index is 1.88. The van der Waals surface area contributed by atoms with Gasteiger partial charge in [-0.2, -0.15) is 0 Å². The smallest absolute Gasteiger partial charge is 0.128 e. The molecule has 32 heavy (non-hydrogen) atoms. The van der Waals surface area contributed by atoms with Gasteiger partial charge in [0, 0.05) is 27.4 Å². The summed E-state index contributed by atoms with van der Waals surface area (Å²) in [6.07, 6.45) is 2.28. The summed E-state index contributed by atoms with van der Waals surface area (Å²) in [7, 11) is 1.68. The number of nitrogens with one attached hydrogen (secondary N) is 1. The lowest BCUT2D eigenvalue weighted by molar-refractivity contribution is 0.304. The van der Waals surface area contributed by atoms with Gasteiger partial charge in [0.05, 0.1) is 12.6 Å². The third-order valence-corrected chi connectivity index (χ3v) is 6.15. The average molecular weight is 448 g/mol. The molecule has 0 radical (unpaired) electrons. The second-order valence-electron chi connectivity index (χ2n) is 9.09. The molecule has 0 aliphatic carbocycles. The fraction of sp³-hybridized carbons (Fsp3) is 0.286. The summed E-state index contributed by atoms with van der Waals surface area (Å²) in [5.41, 5.74) is 8.93. The average Bonchev–Trinajstić information content (AvgIpc) is 2.73. The van der Waals surface area contributed by atoms with Crippen LogP contribution in [-0.2, 0) is 6.61 Å². The summed E-state index contributed by atoms with van der Waals surface area (Å²) in [5, 5.41) is 4.31. The summed E-state index contributed by atoms with van der Waals surface area (Å²) in [6.45, 7) is 11.1. The van der Waals surface area contributed by atoms with Crippen LogP contribution in [0.5, 0.6) is 11.5 Å². The van der Waals surface area contributed by atoms with Crippen LogP contribution in [0.25, 0.3) is 16.7 Å². The first-order chi connectivity index (χ1) is 15.2. The summed E-state index contributed by atoms with van der Waals surface area (Å²) in [6, 6.07) is 16.4. The number of anilines is 1. The van der Waals surface area contributed by atoms with Crippen molar-refractivity contribution in [2.75, 3.05) is 12.4 Å². The zero-order valence-corrected chi connectivity index (χ0v) is 20.4. The molecule has 4 rings (SSSR count). The predicted octanol–water partition coefficient (Wildman–Crippen LogP) is 7.82. The van der Waals surface area contributed by atoms with Gasteiger partial charge in [-0.15, -0.1) is 0 Å². The minimum Gasteiger partial charge on any atom is -0.496 e. The number of methoxy groups -OCH3 is 1. The van der Waals surface area contributed by atoms with Crippen molar-refractivity contribution >= 4 is 22.9 Å². The molecule has 0 aromatic heterocycles. The lowest BCUT2D eigenvalue weighted by Gasteiger charge is -2.33. The third kappa shape index (κ3) is 4.35. The van der Waals surface area contributed by atoms with Gasteiger partial charge in [-0.05, 0) is 87.2 Å². The van der Waals surface area contributed by atoms with Crippen LogP contribution < -0.4 is 14.8 Å². The van der Waals surface area contributed by atoms with Crippen LogP contribution >= 0.6 is 11.6 Å². The van der Waals surface area contributed by atoms with Crippen molar-refractivity contribution < 1.29 is 9.47 Å². The van der Waals surface area contributed by atoms with E-state index in [0.717, 1.165) is 39.4 Å². The number of benzene rings is 3. The molecule has 0 spiro atoms. The lowest BCUT2D eigenvalue weighted by Crippen LogP contribution is -2.32. The highest BCUT2D eigenvalue weighted by molar-refractivity contribution is 6.30. The van der Waals surface area contributed by atoms with E-state index in [2.05, 4.69) is 76.3 Å². The SMILES string of the molecule is COc1cc(Cl)ccc1-c1ccc2c(c1COc1cc(C)ccc1C)C(C)=CC(C)(C)N2. The Bertz CT molecular complexity index is 1210. The molecule has 3 aromatic rings. The van der Waals surface area contributed by atoms with Gasteiger partial charge in [-0.1, -0.05) is 35.9 Å². The van der Waals surface area contributed by atoms with E-state index in [0.29, 0.717) is 11.6 Å². The first kappa shape index (κ1) is 22.3. The van der Waals surface area contributed by atoms with Crippen molar-refractivity contribution in [3.05, 3.63) is 81.9 Å². The molecule has 3 nitrogen and oxygen atoms in total. The lowest BCUT2D eigenvalue weighted by atomic mass is 9.85. The van der Waals surface area contributed by atoms with Gasteiger partial charge in [0.2, 0.25) is 0 Å². The number of halogens is 1. The molecular formula is C28H30ClNO2. The maximum atomic E-state index is 6.41. The Hall–Kier alpha value is -2.91. The first-order valence-corrected chi connectivity index (χ1v) is 11.2. The first-order valence-electron chi connectivity index (χ1n) is 10.9. The number of hydrogen-bond acceptors (Lipinski definition) is 3. The molecule has 1 heterocycles. The summed E-state index contributed by atoms with van der Waals surface area (Å²) in [4.78, 5) is 0. The van der Waals surface area contributed by atoms with Gasteiger partial charge >= 0.3 is 0 Å². The maximum absolute atomic E-state index is 6.41. The molecule has 3 aromatic carbocycles. The minimum atomic E-state index is -0.109. The highest BCUT2D eigenvalue weighted by atomic mass is 35.5. The molecule has 1 N–H and O–H groups in total. The molecule has 1 aliphatic heterocycles. The Morgan fingerprint density at radius 2 is 1.66 bits per heavy atom. The number of rotatable bonds is 5. The fourth-order valence-electron chi connectivity index (χ4n) is 4.50. The number of fused-ring (bicyclic) bond motifs is 1. The molecule has 0 amide bonds. The summed E-state index contributed by atoms with van der Waals surface area (Å²) >= 11 is 6.24. The zero-order valence-electron chi connectivity index (χ0n) is 19.6. The van der Waals surface area contributed by atoms with Crippen LogP contribution in [0.3, 0.4) is 0 Å². The van der Waals surface area contributed by atoms with E-state index in [9.17, 15) is 0 Å². The highest BCUT2D eigenvalue weighted by Crippen LogP contribution is 2.43. The van der Waals surface area contributed by atoms with Gasteiger partial charge in [0.25, 0.3) is 0 Å². The third-order valence-electron chi connectivity index (χ3n) is 5.91. The summed E-state index contributed by atoms with van der Waals surface area (Å²) in [5.74, 6) is 1.65. The van der Waals surface area contributed by atoms with Gasteiger partial charge < -0.3 is 14.8 Å². The monoisotopic (exact) mass is 447 g/mol. The summed E-state index contributed by atoms with van der Waals surface area (Å²) < 4.78 is 12.1. The molecule has 166 valence electrons. The normalized spacial score (nSPS) is 14.3. The van der Waals surface area contributed by atoms with E-state index in [1.54, 1.807) is 7.11 Å². The highest BCUT2D eigenvalue weighted by Gasteiger charge is 2.27. The molecule has 0 unspecified atom stereocenters. The van der Waals surface area contributed by atoms with Crippen molar-refractivity contribution in [2.24, 2.45) is 0 Å². The van der Waals surface area contributed by atoms with E-state index < -0.39 is 0 Å². The molecular weight excluding hydrogens is 418 g/mol. The van der Waals surface area contributed by atoms with E-state index in [4.69, 9.17) is 21.1 Å². The molecule has 1 aliphatic rings. The van der Waals surface area contributed by atoms with Crippen LogP contribution in [-0.4, -0.2) is 12.6 Å². The Labute approximate surface area is 196 Å². The molecule has 0 bridgehead atoms. The van der Waals surface area contributed by atoms with Gasteiger partial charge in [-0.25, -0.2) is 0 Å². The van der Waals surface area contributed by atoms with E-state index in [1.165, 1.54) is 16.7 Å². The van der Waals surface area contributed by atoms with E-state index >= 15 is 0 Å². The quantitative estimate of drug-likeness (QED) is 0.432. The van der Waals surface area contributed by atoms with Crippen molar-refractivity contribution in [3.63, 3.8) is 0 Å². The van der Waals surface area contributed by atoms with Crippen LogP contribution in [0, 0.1) is 13.8 Å². The molecule has 0 atom stereocenters. The maximum Gasteiger partial charge on any atom is 0.128 e. The van der Waals surface area contributed by atoms with Crippen molar-refractivity contribution in [3.8, 4) is 22.6 Å². The number of allylic oxidation sites excluding steroid dienone is 1. The topological polar surface area (TPSA) is 30.5 Å². The predicted molar refractivity (Wildman–Crippen MR) is 135 cm³/mol. The van der Waals surface area contributed by atoms with Crippen molar-refractivity contribution in [1.29, 1.82) is 0 Å². The minimum absolute atomic E-state index is 0.109. The van der Waals surface area contributed by atoms with Crippen LogP contribution in [0.4, 0.5) is 5.69 Å². The number of aryl methyl sites for hydroxylation is 2. The van der Waals surface area contributed by atoms with E-state index in [1.807, 2.05) is 18.2 Å².